The van der Waals surface area contributed by atoms with Gasteiger partial charge in [-0.25, -0.2) is 4.98 Å². The topological polar surface area (TPSA) is 49.1 Å². The summed E-state index contributed by atoms with van der Waals surface area (Å²) in [5, 5.41) is 11.9. The van der Waals surface area contributed by atoms with Crippen LogP contribution in [-0.4, -0.2) is 36.1 Å². The predicted octanol–water partition coefficient (Wildman–Crippen LogP) is 5.55. The standard InChI is InChI=1S/C22H23N3OS2/c1-3-25(4-2)13-14-26-19-6-5-7-20(21(19)22-24-12-15-27-22)28-18-10-8-17(16-23)9-11-18/h5-12,15H,3-4,13-14H2,1-2H3. The van der Waals surface area contributed by atoms with Gasteiger partial charge in [-0.3, -0.25) is 0 Å². The van der Waals surface area contributed by atoms with E-state index < -0.39 is 0 Å². The van der Waals surface area contributed by atoms with Gasteiger partial charge >= 0.3 is 0 Å². The van der Waals surface area contributed by atoms with Crippen LogP contribution in [0.2, 0.25) is 0 Å². The fraction of sp³-hybridized carbons (Fsp3) is 0.273. The van der Waals surface area contributed by atoms with Gasteiger partial charge in [-0.1, -0.05) is 31.7 Å². The minimum absolute atomic E-state index is 0.644. The largest absolute Gasteiger partial charge is 0.491 e. The first-order valence-corrected chi connectivity index (χ1v) is 11.0. The zero-order chi connectivity index (χ0) is 19.8. The molecule has 0 bridgehead atoms. The van der Waals surface area contributed by atoms with Crippen LogP contribution in [0.5, 0.6) is 5.75 Å². The molecule has 6 heteroatoms. The Morgan fingerprint density at radius 2 is 1.93 bits per heavy atom. The van der Waals surface area contributed by atoms with Crippen LogP contribution in [0.25, 0.3) is 10.6 Å². The van der Waals surface area contributed by atoms with E-state index in [4.69, 9.17) is 10.00 Å². The summed E-state index contributed by atoms with van der Waals surface area (Å²) in [6, 6.07) is 15.9. The molecule has 1 aromatic heterocycles. The van der Waals surface area contributed by atoms with Crippen molar-refractivity contribution in [2.24, 2.45) is 0 Å². The van der Waals surface area contributed by atoms with Crippen molar-refractivity contribution in [3.8, 4) is 22.4 Å². The Balaban J connectivity index is 1.86. The van der Waals surface area contributed by atoms with E-state index >= 15 is 0 Å². The number of ether oxygens (including phenoxy) is 1. The van der Waals surface area contributed by atoms with Crippen molar-refractivity contribution in [2.75, 3.05) is 26.2 Å². The highest BCUT2D eigenvalue weighted by atomic mass is 32.2. The van der Waals surface area contributed by atoms with Gasteiger partial charge in [0.25, 0.3) is 0 Å². The maximum atomic E-state index is 9.00. The highest BCUT2D eigenvalue weighted by Crippen LogP contribution is 2.42. The summed E-state index contributed by atoms with van der Waals surface area (Å²) in [5.74, 6) is 0.862. The first kappa shape index (κ1) is 20.4. The Kier molecular flexibility index (Phi) is 7.49. The minimum atomic E-state index is 0.644. The SMILES string of the molecule is CCN(CC)CCOc1cccc(Sc2ccc(C#N)cc2)c1-c1nccs1. The summed E-state index contributed by atoms with van der Waals surface area (Å²) >= 11 is 3.27. The maximum absolute atomic E-state index is 9.00. The molecule has 28 heavy (non-hydrogen) atoms. The molecule has 0 radical (unpaired) electrons. The lowest BCUT2D eigenvalue weighted by Gasteiger charge is -2.19. The molecule has 0 saturated carbocycles. The summed E-state index contributed by atoms with van der Waals surface area (Å²) < 4.78 is 6.18. The van der Waals surface area contributed by atoms with Crippen LogP contribution in [-0.2, 0) is 0 Å². The number of hydrogen-bond donors (Lipinski definition) is 0. The molecule has 0 aliphatic heterocycles. The van der Waals surface area contributed by atoms with Crippen LogP contribution in [0.3, 0.4) is 0 Å². The number of aromatic nitrogens is 1. The molecule has 0 spiro atoms. The van der Waals surface area contributed by atoms with Crippen molar-refractivity contribution in [3.63, 3.8) is 0 Å². The monoisotopic (exact) mass is 409 g/mol. The highest BCUT2D eigenvalue weighted by molar-refractivity contribution is 7.99. The van der Waals surface area contributed by atoms with Crippen LogP contribution >= 0.6 is 23.1 Å². The lowest BCUT2D eigenvalue weighted by Crippen LogP contribution is -2.28. The molecule has 0 amide bonds. The molecule has 0 N–H and O–H groups in total. The lowest BCUT2D eigenvalue weighted by molar-refractivity contribution is 0.223. The number of rotatable bonds is 9. The van der Waals surface area contributed by atoms with Crippen molar-refractivity contribution >= 4 is 23.1 Å². The molecule has 0 unspecified atom stereocenters. The van der Waals surface area contributed by atoms with Crippen molar-refractivity contribution in [1.29, 1.82) is 5.26 Å². The van der Waals surface area contributed by atoms with Gasteiger partial charge in [-0.05, 0) is 49.5 Å². The first-order chi connectivity index (χ1) is 13.7. The number of benzene rings is 2. The summed E-state index contributed by atoms with van der Waals surface area (Å²) in [6.45, 7) is 7.92. The van der Waals surface area contributed by atoms with Crippen LogP contribution < -0.4 is 4.74 Å². The maximum Gasteiger partial charge on any atom is 0.130 e. The Bertz CT molecular complexity index is 914. The Labute approximate surface area is 174 Å². The molecule has 144 valence electrons. The first-order valence-electron chi connectivity index (χ1n) is 9.31. The fourth-order valence-corrected chi connectivity index (χ4v) is 4.56. The summed E-state index contributed by atoms with van der Waals surface area (Å²) in [4.78, 5) is 9.05. The van der Waals surface area contributed by atoms with Crippen LogP contribution in [0.15, 0.2) is 63.8 Å². The molecule has 0 atom stereocenters. The van der Waals surface area contributed by atoms with E-state index in [9.17, 15) is 0 Å². The smallest absolute Gasteiger partial charge is 0.130 e. The average molecular weight is 410 g/mol. The number of nitrogens with zero attached hydrogens (tertiary/aromatic N) is 3. The second-order valence-electron chi connectivity index (χ2n) is 6.08. The Morgan fingerprint density at radius 3 is 2.57 bits per heavy atom. The third kappa shape index (κ3) is 5.14. The van der Waals surface area contributed by atoms with E-state index in [2.05, 4.69) is 35.9 Å². The average Bonchev–Trinajstić information content (AvgIpc) is 3.26. The lowest BCUT2D eigenvalue weighted by atomic mass is 10.2. The molecular formula is C22H23N3OS2. The molecule has 3 aromatic rings. The van der Waals surface area contributed by atoms with E-state index in [0.29, 0.717) is 12.2 Å². The van der Waals surface area contributed by atoms with E-state index in [1.807, 2.05) is 48.0 Å². The molecule has 2 aromatic carbocycles. The number of hydrogen-bond acceptors (Lipinski definition) is 6. The van der Waals surface area contributed by atoms with E-state index in [1.54, 1.807) is 23.1 Å². The molecule has 0 saturated heterocycles. The van der Waals surface area contributed by atoms with Gasteiger partial charge in [-0.2, -0.15) is 5.26 Å². The van der Waals surface area contributed by atoms with Crippen LogP contribution in [0, 0.1) is 11.3 Å². The second kappa shape index (κ2) is 10.3. The molecule has 3 rings (SSSR count). The van der Waals surface area contributed by atoms with Gasteiger partial charge in [-0.15, -0.1) is 11.3 Å². The number of likely N-dealkylation sites (N-methyl/N-ethyl adjacent to an activating group) is 1. The molecular weight excluding hydrogens is 386 g/mol. The highest BCUT2D eigenvalue weighted by Gasteiger charge is 2.16. The summed E-state index contributed by atoms with van der Waals surface area (Å²) in [6.07, 6.45) is 1.82. The van der Waals surface area contributed by atoms with E-state index in [-0.39, 0.29) is 0 Å². The van der Waals surface area contributed by atoms with Gasteiger partial charge in [0.1, 0.15) is 17.4 Å². The number of nitriles is 1. The van der Waals surface area contributed by atoms with Crippen LogP contribution in [0.4, 0.5) is 0 Å². The van der Waals surface area contributed by atoms with Crippen molar-refractivity contribution in [1.82, 2.24) is 9.88 Å². The zero-order valence-corrected chi connectivity index (χ0v) is 17.7. The third-order valence-electron chi connectivity index (χ3n) is 4.40. The summed E-state index contributed by atoms with van der Waals surface area (Å²) in [5.41, 5.74) is 1.70. The van der Waals surface area contributed by atoms with E-state index in [0.717, 1.165) is 45.7 Å². The van der Waals surface area contributed by atoms with Crippen molar-refractivity contribution in [2.45, 2.75) is 23.6 Å². The van der Waals surface area contributed by atoms with Crippen molar-refractivity contribution < 1.29 is 4.74 Å². The van der Waals surface area contributed by atoms with Gasteiger partial charge in [0.05, 0.1) is 17.2 Å². The number of thiazole rings is 1. The zero-order valence-electron chi connectivity index (χ0n) is 16.1. The Morgan fingerprint density at radius 1 is 1.14 bits per heavy atom. The molecule has 0 aliphatic carbocycles. The quantitative estimate of drug-likeness (QED) is 0.463. The van der Waals surface area contributed by atoms with E-state index in [1.165, 1.54) is 0 Å². The Hall–Kier alpha value is -2.33. The molecule has 4 nitrogen and oxygen atoms in total. The van der Waals surface area contributed by atoms with Gasteiger partial charge in [0.15, 0.2) is 0 Å². The predicted molar refractivity (Wildman–Crippen MR) is 116 cm³/mol. The second-order valence-corrected chi connectivity index (χ2v) is 8.09. The normalized spacial score (nSPS) is 10.8. The van der Waals surface area contributed by atoms with Crippen molar-refractivity contribution in [3.05, 3.63) is 59.6 Å². The van der Waals surface area contributed by atoms with Crippen LogP contribution in [0.1, 0.15) is 19.4 Å². The van der Waals surface area contributed by atoms with Gasteiger partial charge < -0.3 is 9.64 Å². The third-order valence-corrected chi connectivity index (χ3v) is 6.26. The van der Waals surface area contributed by atoms with Gasteiger partial charge in [0, 0.05) is 27.9 Å². The fourth-order valence-electron chi connectivity index (χ4n) is 2.82. The molecule has 0 fully saturated rings. The molecule has 1 heterocycles. The minimum Gasteiger partial charge on any atom is -0.491 e. The molecule has 0 aliphatic rings. The van der Waals surface area contributed by atoms with Gasteiger partial charge in [0.2, 0.25) is 0 Å². The summed E-state index contributed by atoms with van der Waals surface area (Å²) in [7, 11) is 0.